The maximum absolute atomic E-state index is 3.49. The molecule has 0 fully saturated rings. The molecule has 0 aliphatic carbocycles. The molecule has 0 N–H and O–H groups in total. The average Bonchev–Trinajstić information content (AvgIpc) is 1.91. The highest BCUT2D eigenvalue weighted by atomic mass is 13.9. The zero-order valence-corrected chi connectivity index (χ0v) is 6.28. The van der Waals surface area contributed by atoms with Crippen LogP contribution in [0.1, 0.15) is 26.7 Å². The maximum atomic E-state index is 3.49. The van der Waals surface area contributed by atoms with Crippen LogP contribution in [-0.2, 0) is 0 Å². The molecule has 0 heterocycles. The average molecular weight is 122 g/mol. The maximum Gasteiger partial charge on any atom is -0.00630 e. The quantitative estimate of drug-likeness (QED) is 0.398. The molecule has 0 spiro atoms. The van der Waals surface area contributed by atoms with E-state index in [0.29, 0.717) is 0 Å². The molecular weight excluding hydrogens is 108 g/mol. The van der Waals surface area contributed by atoms with E-state index in [0.717, 1.165) is 12.8 Å². The molecular formula is C9H14. The van der Waals surface area contributed by atoms with Gasteiger partial charge in [0.15, 0.2) is 0 Å². The Labute approximate surface area is 57.6 Å². The van der Waals surface area contributed by atoms with Gasteiger partial charge in [-0.05, 0) is 25.8 Å². The Morgan fingerprint density at radius 1 is 1.67 bits per heavy atom. The first-order valence-electron chi connectivity index (χ1n) is 3.33. The summed E-state index contributed by atoms with van der Waals surface area (Å²) < 4.78 is 0. The summed E-state index contributed by atoms with van der Waals surface area (Å²) in [4.78, 5) is 0. The van der Waals surface area contributed by atoms with Gasteiger partial charge in [-0.1, -0.05) is 25.2 Å². The number of hydrogen-bond donors (Lipinski definition) is 0. The van der Waals surface area contributed by atoms with Crippen molar-refractivity contribution in [2.75, 3.05) is 0 Å². The molecule has 50 valence electrons. The lowest BCUT2D eigenvalue weighted by Gasteiger charge is -1.94. The minimum Gasteiger partial charge on any atom is -0.133 e. The first kappa shape index (κ1) is 8.26. The minimum atomic E-state index is 1.01. The van der Waals surface area contributed by atoms with E-state index in [4.69, 9.17) is 0 Å². The second kappa shape index (κ2) is 5.40. The highest BCUT2D eigenvalue weighted by molar-refractivity contribution is 5.04. The second-order valence-corrected chi connectivity index (χ2v) is 1.91. The first-order chi connectivity index (χ1) is 4.35. The molecule has 0 saturated heterocycles. The van der Waals surface area contributed by atoms with Crippen LogP contribution in [0.4, 0.5) is 0 Å². The molecule has 0 aliphatic heterocycles. The molecule has 0 heteroatoms. The molecule has 0 aromatic rings. The number of allylic oxidation sites excluding steroid dienone is 3. The van der Waals surface area contributed by atoms with E-state index in [1.54, 1.807) is 0 Å². The normalized spacial score (nSPS) is 10.7. The van der Waals surface area contributed by atoms with Crippen LogP contribution < -0.4 is 0 Å². The van der Waals surface area contributed by atoms with Crippen molar-refractivity contribution in [2.45, 2.75) is 26.7 Å². The van der Waals surface area contributed by atoms with Gasteiger partial charge in [0.25, 0.3) is 0 Å². The van der Waals surface area contributed by atoms with Gasteiger partial charge in [-0.15, -0.1) is 5.73 Å². The fourth-order valence-corrected chi connectivity index (χ4v) is 0.670. The van der Waals surface area contributed by atoms with Crippen molar-refractivity contribution in [3.63, 3.8) is 0 Å². The number of rotatable bonds is 3. The fourth-order valence-electron chi connectivity index (χ4n) is 0.670. The Kier molecular flexibility index (Phi) is 4.95. The predicted molar refractivity (Wildman–Crippen MR) is 42.4 cm³/mol. The smallest absolute Gasteiger partial charge is 0.00630 e. The SMILES string of the molecule is C=C=CCC(=CC)CC. The predicted octanol–water partition coefficient (Wildman–Crippen LogP) is 3.07. The van der Waals surface area contributed by atoms with E-state index in [1.807, 2.05) is 6.08 Å². The Bertz CT molecular complexity index is 134. The topological polar surface area (TPSA) is 0 Å². The highest BCUT2D eigenvalue weighted by Crippen LogP contribution is 2.05. The van der Waals surface area contributed by atoms with Gasteiger partial charge in [-0.3, -0.25) is 0 Å². The van der Waals surface area contributed by atoms with Crippen molar-refractivity contribution in [3.8, 4) is 0 Å². The van der Waals surface area contributed by atoms with Crippen LogP contribution >= 0.6 is 0 Å². The Hall–Kier alpha value is -0.740. The van der Waals surface area contributed by atoms with Crippen molar-refractivity contribution < 1.29 is 0 Å². The molecule has 0 saturated carbocycles. The summed E-state index contributed by atoms with van der Waals surface area (Å²) in [5.74, 6) is 0. The third kappa shape index (κ3) is 3.81. The molecule has 0 aromatic heterocycles. The van der Waals surface area contributed by atoms with Gasteiger partial charge < -0.3 is 0 Å². The van der Waals surface area contributed by atoms with Crippen molar-refractivity contribution in [3.05, 3.63) is 30.0 Å². The molecule has 0 atom stereocenters. The molecule has 0 radical (unpaired) electrons. The fraction of sp³-hybridized carbons (Fsp3) is 0.444. The van der Waals surface area contributed by atoms with Gasteiger partial charge >= 0.3 is 0 Å². The van der Waals surface area contributed by atoms with Crippen molar-refractivity contribution in [1.29, 1.82) is 0 Å². The van der Waals surface area contributed by atoms with Crippen molar-refractivity contribution in [2.24, 2.45) is 0 Å². The van der Waals surface area contributed by atoms with E-state index in [2.05, 4.69) is 32.2 Å². The van der Waals surface area contributed by atoms with Crippen LogP contribution in [0.5, 0.6) is 0 Å². The molecule has 0 amide bonds. The summed E-state index contributed by atoms with van der Waals surface area (Å²) in [6.07, 6.45) is 6.25. The van der Waals surface area contributed by atoms with Crippen molar-refractivity contribution >= 4 is 0 Å². The van der Waals surface area contributed by atoms with E-state index in [9.17, 15) is 0 Å². The lowest BCUT2D eigenvalue weighted by molar-refractivity contribution is 1.03. The third-order valence-electron chi connectivity index (χ3n) is 1.37. The molecule has 0 rings (SSSR count). The van der Waals surface area contributed by atoms with Gasteiger partial charge in [-0.2, -0.15) is 0 Å². The lowest BCUT2D eigenvalue weighted by Crippen LogP contribution is -1.74. The highest BCUT2D eigenvalue weighted by Gasteiger charge is 1.85. The summed E-state index contributed by atoms with van der Waals surface area (Å²) in [5.41, 5.74) is 4.20. The van der Waals surface area contributed by atoms with E-state index < -0.39 is 0 Å². The minimum absolute atomic E-state index is 1.01. The van der Waals surface area contributed by atoms with E-state index >= 15 is 0 Å². The monoisotopic (exact) mass is 122 g/mol. The van der Waals surface area contributed by atoms with E-state index in [-0.39, 0.29) is 0 Å². The van der Waals surface area contributed by atoms with Crippen molar-refractivity contribution in [1.82, 2.24) is 0 Å². The van der Waals surface area contributed by atoms with Crippen LogP contribution in [0.2, 0.25) is 0 Å². The third-order valence-corrected chi connectivity index (χ3v) is 1.37. The Morgan fingerprint density at radius 2 is 2.33 bits per heavy atom. The largest absolute Gasteiger partial charge is 0.133 e. The summed E-state index contributed by atoms with van der Waals surface area (Å²) >= 11 is 0. The standard InChI is InChI=1S/C9H14/c1-4-7-8-9(5-2)6-3/h5,7H,1,6,8H2,2-3H3. The summed E-state index contributed by atoms with van der Waals surface area (Å²) in [6.45, 7) is 7.72. The molecule has 0 aromatic carbocycles. The zero-order chi connectivity index (χ0) is 7.11. The van der Waals surface area contributed by atoms with Gasteiger partial charge in [-0.25, -0.2) is 0 Å². The van der Waals surface area contributed by atoms with Crippen LogP contribution in [0.3, 0.4) is 0 Å². The van der Waals surface area contributed by atoms with Gasteiger partial charge in [0.1, 0.15) is 0 Å². The Balaban J connectivity index is 3.71. The lowest BCUT2D eigenvalue weighted by atomic mass is 10.1. The van der Waals surface area contributed by atoms with Crippen LogP contribution in [-0.4, -0.2) is 0 Å². The number of hydrogen-bond acceptors (Lipinski definition) is 0. The van der Waals surface area contributed by atoms with Gasteiger partial charge in [0.05, 0.1) is 0 Å². The molecule has 0 bridgehead atoms. The molecule has 0 unspecified atom stereocenters. The second-order valence-electron chi connectivity index (χ2n) is 1.91. The summed E-state index contributed by atoms with van der Waals surface area (Å²) in [5, 5.41) is 0. The zero-order valence-electron chi connectivity index (χ0n) is 6.28. The van der Waals surface area contributed by atoms with Crippen LogP contribution in [0, 0.1) is 0 Å². The van der Waals surface area contributed by atoms with Crippen LogP contribution in [0.15, 0.2) is 30.0 Å². The molecule has 9 heavy (non-hydrogen) atoms. The summed E-state index contributed by atoms with van der Waals surface area (Å²) in [6, 6.07) is 0. The van der Waals surface area contributed by atoms with E-state index in [1.165, 1.54) is 5.57 Å². The summed E-state index contributed by atoms with van der Waals surface area (Å²) in [7, 11) is 0. The first-order valence-corrected chi connectivity index (χ1v) is 3.33. The van der Waals surface area contributed by atoms with Gasteiger partial charge in [0, 0.05) is 0 Å². The van der Waals surface area contributed by atoms with Crippen LogP contribution in [0.25, 0.3) is 0 Å². The Morgan fingerprint density at radius 3 is 2.67 bits per heavy atom. The molecule has 0 aliphatic rings. The van der Waals surface area contributed by atoms with Gasteiger partial charge in [0.2, 0.25) is 0 Å². The molecule has 0 nitrogen and oxygen atoms in total.